The van der Waals surface area contributed by atoms with Gasteiger partial charge in [0.15, 0.2) is 0 Å². The summed E-state index contributed by atoms with van der Waals surface area (Å²) in [7, 11) is 1.58. The highest BCUT2D eigenvalue weighted by Gasteiger charge is 2.46. The molecule has 0 heterocycles. The van der Waals surface area contributed by atoms with Crippen LogP contribution in [0.15, 0.2) is 42.5 Å². The monoisotopic (exact) mass is 495 g/mol. The number of anilines is 1. The number of hydrogen-bond acceptors (Lipinski definition) is 5. The van der Waals surface area contributed by atoms with Crippen molar-refractivity contribution in [1.29, 1.82) is 0 Å². The van der Waals surface area contributed by atoms with Crippen LogP contribution in [-0.4, -0.2) is 48.1 Å². The molecule has 0 aliphatic heterocycles. The molecule has 2 N–H and O–H groups in total. The van der Waals surface area contributed by atoms with E-state index >= 15 is 0 Å². The minimum absolute atomic E-state index is 0.106. The number of carbonyl (C=O) groups is 3. The average molecular weight is 496 g/mol. The molecule has 36 heavy (non-hydrogen) atoms. The molecule has 3 amide bonds. The maximum absolute atomic E-state index is 13.8. The fourth-order valence-electron chi connectivity index (χ4n) is 4.25. The van der Waals surface area contributed by atoms with E-state index in [1.165, 1.54) is 0 Å². The van der Waals surface area contributed by atoms with Gasteiger partial charge in [0.05, 0.1) is 7.11 Å². The van der Waals surface area contributed by atoms with Gasteiger partial charge in [-0.25, -0.2) is 4.79 Å². The smallest absolute Gasteiger partial charge is 0.408 e. The van der Waals surface area contributed by atoms with Gasteiger partial charge in [0.1, 0.15) is 23.9 Å². The summed E-state index contributed by atoms with van der Waals surface area (Å²) < 4.78 is 10.5. The number of ether oxygens (including phenoxy) is 2. The molecule has 2 aromatic carbocycles. The third-order valence-electron chi connectivity index (χ3n) is 5.94. The lowest BCUT2D eigenvalue weighted by Gasteiger charge is -2.32. The fraction of sp³-hybridized carbons (Fsp3) is 0.464. The van der Waals surface area contributed by atoms with Crippen LogP contribution in [0.5, 0.6) is 5.75 Å². The van der Waals surface area contributed by atoms with Crippen LogP contribution >= 0.6 is 0 Å². The quantitative estimate of drug-likeness (QED) is 0.551. The number of nitrogens with one attached hydrogen (secondary N) is 2. The third kappa shape index (κ3) is 7.23. The highest BCUT2D eigenvalue weighted by atomic mass is 16.6. The molecule has 0 aromatic heterocycles. The molecule has 1 fully saturated rings. The average Bonchev–Trinajstić information content (AvgIpc) is 3.49. The Hall–Kier alpha value is -3.55. The van der Waals surface area contributed by atoms with Gasteiger partial charge in [0, 0.05) is 11.7 Å². The molecule has 0 saturated heterocycles. The zero-order valence-corrected chi connectivity index (χ0v) is 22.2. The summed E-state index contributed by atoms with van der Waals surface area (Å²) in [5.74, 6) is 0.257. The van der Waals surface area contributed by atoms with E-state index < -0.39 is 17.7 Å². The van der Waals surface area contributed by atoms with Crippen molar-refractivity contribution in [3.8, 4) is 5.75 Å². The summed E-state index contributed by atoms with van der Waals surface area (Å²) in [5.41, 5.74) is 2.63. The second-order valence-electron chi connectivity index (χ2n) is 10.5. The van der Waals surface area contributed by atoms with Crippen LogP contribution in [0, 0.1) is 19.8 Å². The first-order chi connectivity index (χ1) is 16.9. The lowest BCUT2D eigenvalue weighted by molar-refractivity contribution is -0.139. The van der Waals surface area contributed by atoms with Gasteiger partial charge in [0.2, 0.25) is 5.91 Å². The highest BCUT2D eigenvalue weighted by Crippen LogP contribution is 2.41. The van der Waals surface area contributed by atoms with Crippen LogP contribution in [-0.2, 0) is 14.3 Å². The van der Waals surface area contributed by atoms with Gasteiger partial charge >= 0.3 is 6.09 Å². The number of rotatable bonds is 8. The van der Waals surface area contributed by atoms with Crippen molar-refractivity contribution < 1.29 is 23.9 Å². The van der Waals surface area contributed by atoms with E-state index in [2.05, 4.69) is 10.6 Å². The van der Waals surface area contributed by atoms with Crippen molar-refractivity contribution in [3.63, 3.8) is 0 Å². The predicted octanol–water partition coefficient (Wildman–Crippen LogP) is 4.75. The Labute approximate surface area is 213 Å². The molecule has 3 rings (SSSR count). The van der Waals surface area contributed by atoms with Crippen molar-refractivity contribution in [1.82, 2.24) is 10.2 Å². The summed E-state index contributed by atoms with van der Waals surface area (Å²) in [6.45, 7) is 11.0. The number of amides is 3. The molecule has 1 aliphatic carbocycles. The number of methoxy groups -OCH3 is 1. The molecule has 0 bridgehead atoms. The molecule has 3 atom stereocenters. The van der Waals surface area contributed by atoms with Crippen molar-refractivity contribution >= 4 is 23.6 Å². The molecular formula is C28H37N3O5. The van der Waals surface area contributed by atoms with Crippen LogP contribution in [0.3, 0.4) is 0 Å². The summed E-state index contributed by atoms with van der Waals surface area (Å²) in [6, 6.07) is 11.9. The van der Waals surface area contributed by atoms with Gasteiger partial charge in [0.25, 0.3) is 5.91 Å². The maximum atomic E-state index is 13.8. The number of nitrogens with zero attached hydrogens (tertiary/aromatic N) is 1. The second kappa shape index (κ2) is 11.0. The number of benzene rings is 2. The van der Waals surface area contributed by atoms with Crippen molar-refractivity contribution in [2.75, 3.05) is 19.0 Å². The highest BCUT2D eigenvalue weighted by molar-refractivity contribution is 5.98. The molecule has 1 aliphatic rings. The van der Waals surface area contributed by atoms with Gasteiger partial charge in [-0.3, -0.25) is 9.59 Å². The Bertz CT molecular complexity index is 1090. The third-order valence-corrected chi connectivity index (χ3v) is 5.94. The first-order valence-electron chi connectivity index (χ1n) is 12.2. The van der Waals surface area contributed by atoms with Gasteiger partial charge < -0.3 is 25.0 Å². The zero-order chi connectivity index (χ0) is 26.6. The number of aryl methyl sites for hydroxylation is 2. The number of hydrogen-bond donors (Lipinski definition) is 2. The first kappa shape index (κ1) is 27.0. The largest absolute Gasteiger partial charge is 0.497 e. The van der Waals surface area contributed by atoms with Crippen LogP contribution in [0.1, 0.15) is 56.8 Å². The molecule has 0 spiro atoms. The van der Waals surface area contributed by atoms with Crippen molar-refractivity contribution in [3.05, 3.63) is 59.2 Å². The van der Waals surface area contributed by atoms with E-state index in [0.29, 0.717) is 11.4 Å². The lowest BCUT2D eigenvalue weighted by Crippen LogP contribution is -2.48. The fourth-order valence-corrected chi connectivity index (χ4v) is 4.25. The topological polar surface area (TPSA) is 97.0 Å². The Balaban J connectivity index is 1.92. The minimum Gasteiger partial charge on any atom is -0.497 e. The molecule has 0 radical (unpaired) electrons. The van der Waals surface area contributed by atoms with Crippen LogP contribution < -0.4 is 15.4 Å². The van der Waals surface area contributed by atoms with E-state index in [4.69, 9.17) is 9.47 Å². The summed E-state index contributed by atoms with van der Waals surface area (Å²) >= 11 is 0. The normalized spacial score (nSPS) is 17.5. The summed E-state index contributed by atoms with van der Waals surface area (Å²) in [5, 5.41) is 5.51. The van der Waals surface area contributed by atoms with Gasteiger partial charge in [-0.05, 0) is 76.8 Å². The minimum atomic E-state index is -0.867. The Morgan fingerprint density at radius 1 is 1.06 bits per heavy atom. The Morgan fingerprint density at radius 2 is 1.64 bits per heavy atom. The molecule has 2 aromatic rings. The zero-order valence-electron chi connectivity index (χ0n) is 22.2. The summed E-state index contributed by atoms with van der Waals surface area (Å²) in [4.78, 5) is 41.1. The number of carbonyl (C=O) groups excluding carboxylic acids is 3. The van der Waals surface area contributed by atoms with E-state index in [-0.39, 0.29) is 30.3 Å². The van der Waals surface area contributed by atoms with Crippen molar-refractivity contribution in [2.24, 2.45) is 5.92 Å². The second-order valence-corrected chi connectivity index (χ2v) is 10.5. The number of alkyl carbamates (subject to hydrolysis) is 1. The van der Waals surface area contributed by atoms with Crippen LogP contribution in [0.25, 0.3) is 0 Å². The SMILES string of the molecule is COc1ccc(NC(=O)C(c2cc(C)cc(C)c2)N(C(=O)CNC(=O)OC(C)(C)C)C2CC2C)cc1. The molecular weight excluding hydrogens is 458 g/mol. The summed E-state index contributed by atoms with van der Waals surface area (Å²) in [6.07, 6.45) is 0.111. The Morgan fingerprint density at radius 3 is 2.14 bits per heavy atom. The molecule has 3 unspecified atom stereocenters. The first-order valence-corrected chi connectivity index (χ1v) is 12.2. The molecule has 194 valence electrons. The predicted molar refractivity (Wildman–Crippen MR) is 139 cm³/mol. The van der Waals surface area contributed by atoms with Gasteiger partial charge in [-0.2, -0.15) is 0 Å². The maximum Gasteiger partial charge on any atom is 0.408 e. The lowest BCUT2D eigenvalue weighted by atomic mass is 9.98. The molecule has 8 heteroatoms. The van der Waals surface area contributed by atoms with Gasteiger partial charge in [-0.15, -0.1) is 0 Å². The van der Waals surface area contributed by atoms with Crippen LogP contribution in [0.2, 0.25) is 0 Å². The van der Waals surface area contributed by atoms with Crippen molar-refractivity contribution in [2.45, 2.75) is 65.6 Å². The van der Waals surface area contributed by atoms with E-state index in [0.717, 1.165) is 23.1 Å². The van der Waals surface area contributed by atoms with E-state index in [1.54, 1.807) is 57.0 Å². The van der Waals surface area contributed by atoms with E-state index in [1.807, 2.05) is 39.0 Å². The molecule has 8 nitrogen and oxygen atoms in total. The Kier molecular flexibility index (Phi) is 8.28. The van der Waals surface area contributed by atoms with Crippen LogP contribution in [0.4, 0.5) is 10.5 Å². The molecule has 1 saturated carbocycles. The van der Waals surface area contributed by atoms with Gasteiger partial charge in [-0.1, -0.05) is 36.2 Å². The standard InChI is InChI=1S/C28H37N3O5/c1-17-12-18(2)14-20(13-17)25(26(33)30-21-8-10-22(35-7)11-9-21)31(23-15-19(23)3)24(32)16-29-27(34)36-28(4,5)6/h8-14,19,23,25H,15-16H2,1-7H3,(H,29,34)(H,30,33). The van der Waals surface area contributed by atoms with E-state index in [9.17, 15) is 14.4 Å².